The van der Waals surface area contributed by atoms with Crippen molar-refractivity contribution < 1.29 is 0 Å². The fourth-order valence-corrected chi connectivity index (χ4v) is 2.60. The van der Waals surface area contributed by atoms with Crippen molar-refractivity contribution >= 4 is 0 Å². The summed E-state index contributed by atoms with van der Waals surface area (Å²) in [5.74, 6) is 3.70. The maximum atomic E-state index is 5.27. The largest absolute Gasteiger partial charge is 0.312 e. The van der Waals surface area contributed by atoms with Gasteiger partial charge in [0.1, 0.15) is 0 Å². The maximum absolute atomic E-state index is 5.27. The second kappa shape index (κ2) is 6.27. The monoisotopic (exact) mass is 220 g/mol. The molecule has 2 aliphatic rings. The van der Waals surface area contributed by atoms with Crippen molar-refractivity contribution in [2.75, 3.05) is 26.2 Å². The summed E-state index contributed by atoms with van der Waals surface area (Å²) in [5, 5.41) is 3.70. The van der Waals surface area contributed by atoms with Crippen LogP contribution in [0.5, 0.6) is 0 Å². The Morgan fingerprint density at radius 1 is 1.31 bits per heavy atom. The van der Waals surface area contributed by atoms with Crippen LogP contribution >= 0.6 is 0 Å². The molecule has 1 aliphatic heterocycles. The van der Waals surface area contributed by atoms with Crippen LogP contribution in [0.25, 0.3) is 0 Å². The zero-order chi connectivity index (χ0) is 11.2. The van der Waals surface area contributed by atoms with Gasteiger partial charge in [0.05, 0.1) is 0 Å². The highest BCUT2D eigenvalue weighted by atomic mass is 15.2. The molecule has 0 radical (unpaired) electrons. The van der Waals surface area contributed by atoms with Crippen molar-refractivity contribution in [2.45, 2.75) is 44.6 Å². The minimum Gasteiger partial charge on any atom is -0.312 e. The number of hydrogen-bond acceptors (Lipinski definition) is 2. The highest BCUT2D eigenvalue weighted by molar-refractivity contribution is 4.90. The molecule has 16 heavy (non-hydrogen) atoms. The van der Waals surface area contributed by atoms with Crippen molar-refractivity contribution in [2.24, 2.45) is 5.92 Å². The second-order valence-corrected chi connectivity index (χ2v) is 5.21. The predicted octanol–water partition coefficient (Wildman–Crippen LogP) is 1.86. The third-order valence-electron chi connectivity index (χ3n) is 3.75. The van der Waals surface area contributed by atoms with Gasteiger partial charge in [0.2, 0.25) is 0 Å². The average molecular weight is 220 g/mol. The van der Waals surface area contributed by atoms with Crippen LogP contribution in [0.2, 0.25) is 0 Å². The number of nitrogens with zero attached hydrogens (tertiary/aromatic N) is 1. The van der Waals surface area contributed by atoms with E-state index in [0.717, 1.165) is 18.4 Å². The standard InChI is InChI=1S/C14H24N2/c1-2-3-4-5-10-16-11-6-9-15-14(12-16)13-7-8-13/h1,13-15H,3-12H2. The molecular formula is C14H24N2. The van der Waals surface area contributed by atoms with E-state index >= 15 is 0 Å². The Morgan fingerprint density at radius 3 is 2.94 bits per heavy atom. The van der Waals surface area contributed by atoms with E-state index < -0.39 is 0 Å². The first-order valence-corrected chi connectivity index (χ1v) is 6.79. The number of unbranched alkanes of at least 4 members (excludes halogenated alkanes) is 2. The highest BCUT2D eigenvalue weighted by Crippen LogP contribution is 2.33. The fraction of sp³-hybridized carbons (Fsp3) is 0.857. The van der Waals surface area contributed by atoms with Crippen LogP contribution in [0.3, 0.4) is 0 Å². The van der Waals surface area contributed by atoms with Crippen LogP contribution in [0.1, 0.15) is 38.5 Å². The summed E-state index contributed by atoms with van der Waals surface area (Å²) in [7, 11) is 0. The molecule has 1 saturated carbocycles. The van der Waals surface area contributed by atoms with Crippen molar-refractivity contribution in [3.05, 3.63) is 0 Å². The maximum Gasteiger partial charge on any atom is 0.0223 e. The molecule has 0 bridgehead atoms. The lowest BCUT2D eigenvalue weighted by Gasteiger charge is -2.24. The fourth-order valence-electron chi connectivity index (χ4n) is 2.60. The van der Waals surface area contributed by atoms with Crippen molar-refractivity contribution in [1.29, 1.82) is 0 Å². The normalized spacial score (nSPS) is 27.3. The zero-order valence-corrected chi connectivity index (χ0v) is 10.3. The van der Waals surface area contributed by atoms with E-state index in [9.17, 15) is 0 Å². The Morgan fingerprint density at radius 2 is 2.19 bits per heavy atom. The Bertz CT molecular complexity index is 240. The van der Waals surface area contributed by atoms with Gasteiger partial charge in [-0.15, -0.1) is 12.3 Å². The number of nitrogens with one attached hydrogen (secondary N) is 1. The topological polar surface area (TPSA) is 15.3 Å². The average Bonchev–Trinajstić information content (AvgIpc) is 3.10. The Hall–Kier alpha value is -0.520. The molecule has 0 aromatic carbocycles. The molecule has 0 amide bonds. The molecule has 1 unspecified atom stereocenters. The van der Waals surface area contributed by atoms with Gasteiger partial charge in [0, 0.05) is 19.0 Å². The first kappa shape index (κ1) is 12.0. The van der Waals surface area contributed by atoms with Gasteiger partial charge < -0.3 is 10.2 Å². The first-order valence-electron chi connectivity index (χ1n) is 6.79. The van der Waals surface area contributed by atoms with E-state index in [1.165, 1.54) is 58.3 Å². The van der Waals surface area contributed by atoms with Crippen LogP contribution in [-0.2, 0) is 0 Å². The lowest BCUT2D eigenvalue weighted by Crippen LogP contribution is -2.39. The molecular weight excluding hydrogens is 196 g/mol. The molecule has 2 rings (SSSR count). The van der Waals surface area contributed by atoms with Crippen LogP contribution in [0.4, 0.5) is 0 Å². The minimum atomic E-state index is 0.773. The molecule has 90 valence electrons. The van der Waals surface area contributed by atoms with Crippen LogP contribution in [0.15, 0.2) is 0 Å². The zero-order valence-electron chi connectivity index (χ0n) is 10.3. The molecule has 0 aromatic rings. The van der Waals surface area contributed by atoms with Crippen LogP contribution in [0, 0.1) is 18.3 Å². The van der Waals surface area contributed by atoms with Gasteiger partial charge in [0.15, 0.2) is 0 Å². The number of hydrogen-bond donors (Lipinski definition) is 1. The summed E-state index contributed by atoms with van der Waals surface area (Å²) >= 11 is 0. The quantitative estimate of drug-likeness (QED) is 0.562. The third-order valence-corrected chi connectivity index (χ3v) is 3.75. The lowest BCUT2D eigenvalue weighted by molar-refractivity contribution is 0.254. The summed E-state index contributed by atoms with van der Waals surface area (Å²) in [6.07, 6.45) is 12.9. The summed E-state index contributed by atoms with van der Waals surface area (Å²) in [6.45, 7) is 4.99. The van der Waals surface area contributed by atoms with Gasteiger partial charge in [-0.05, 0) is 57.7 Å². The SMILES string of the molecule is C#CCCCCN1CCCNC(C2CC2)C1. The second-order valence-electron chi connectivity index (χ2n) is 5.21. The Labute approximate surface area is 99.8 Å². The van der Waals surface area contributed by atoms with Crippen molar-refractivity contribution in [3.8, 4) is 12.3 Å². The van der Waals surface area contributed by atoms with E-state index in [4.69, 9.17) is 6.42 Å². The van der Waals surface area contributed by atoms with E-state index in [2.05, 4.69) is 16.1 Å². The molecule has 2 heteroatoms. The highest BCUT2D eigenvalue weighted by Gasteiger charge is 2.32. The smallest absolute Gasteiger partial charge is 0.0223 e. The minimum absolute atomic E-state index is 0.773. The van der Waals surface area contributed by atoms with Gasteiger partial charge in [-0.3, -0.25) is 0 Å². The summed E-state index contributed by atoms with van der Waals surface area (Å²) in [4.78, 5) is 2.64. The molecule has 2 fully saturated rings. The predicted molar refractivity (Wildman–Crippen MR) is 68.3 cm³/mol. The molecule has 1 saturated heterocycles. The molecule has 0 aromatic heterocycles. The summed E-state index contributed by atoms with van der Waals surface area (Å²) in [6, 6.07) is 0.773. The third kappa shape index (κ3) is 3.81. The summed E-state index contributed by atoms with van der Waals surface area (Å²) in [5.41, 5.74) is 0. The molecule has 2 nitrogen and oxygen atoms in total. The lowest BCUT2D eigenvalue weighted by atomic mass is 10.1. The molecule has 1 N–H and O–H groups in total. The first-order chi connectivity index (χ1) is 7.90. The Balaban J connectivity index is 1.68. The van der Waals surface area contributed by atoms with E-state index in [1.807, 2.05) is 0 Å². The molecule has 1 atom stereocenters. The summed E-state index contributed by atoms with van der Waals surface area (Å²) < 4.78 is 0. The van der Waals surface area contributed by atoms with Crippen molar-refractivity contribution in [3.63, 3.8) is 0 Å². The van der Waals surface area contributed by atoms with Crippen LogP contribution in [-0.4, -0.2) is 37.1 Å². The van der Waals surface area contributed by atoms with Gasteiger partial charge in [-0.1, -0.05) is 0 Å². The van der Waals surface area contributed by atoms with Crippen molar-refractivity contribution in [1.82, 2.24) is 10.2 Å². The number of terminal acetylenes is 1. The van der Waals surface area contributed by atoms with E-state index in [0.29, 0.717) is 0 Å². The number of rotatable bonds is 5. The molecule has 1 aliphatic carbocycles. The molecule has 0 spiro atoms. The van der Waals surface area contributed by atoms with E-state index in [1.54, 1.807) is 0 Å². The van der Waals surface area contributed by atoms with Crippen LogP contribution < -0.4 is 5.32 Å². The van der Waals surface area contributed by atoms with Gasteiger partial charge in [-0.2, -0.15) is 0 Å². The van der Waals surface area contributed by atoms with Gasteiger partial charge in [0.25, 0.3) is 0 Å². The molecule has 1 heterocycles. The Kier molecular flexibility index (Phi) is 4.69. The van der Waals surface area contributed by atoms with E-state index in [-0.39, 0.29) is 0 Å². The van der Waals surface area contributed by atoms with Gasteiger partial charge in [-0.25, -0.2) is 0 Å². The van der Waals surface area contributed by atoms with Gasteiger partial charge >= 0.3 is 0 Å².